The quantitative estimate of drug-likeness (QED) is 0.144. The molecule has 0 amide bonds. The molecule has 0 radical (unpaired) electrons. The van der Waals surface area contributed by atoms with Gasteiger partial charge in [0.1, 0.15) is 11.3 Å². The molecule has 0 aliphatic rings. The second kappa shape index (κ2) is 16.8. The summed E-state index contributed by atoms with van der Waals surface area (Å²) in [5.41, 5.74) is 17.1. The average molecular weight is 842 g/mol. The summed E-state index contributed by atoms with van der Waals surface area (Å²) in [6.07, 6.45) is 0. The van der Waals surface area contributed by atoms with Crippen LogP contribution < -0.4 is 4.90 Å². The minimum Gasteiger partial charge on any atom is -0.456 e. The van der Waals surface area contributed by atoms with Gasteiger partial charge in [0.05, 0.1) is 0 Å². The summed E-state index contributed by atoms with van der Waals surface area (Å²) < 4.78 is 6.29. The lowest BCUT2D eigenvalue weighted by atomic mass is 9.95. The Labute approximate surface area is 384 Å². The molecule has 0 aliphatic heterocycles. The maximum atomic E-state index is 6.29. The van der Waals surface area contributed by atoms with Crippen molar-refractivity contribution in [3.8, 4) is 67.0 Å². The molecule has 0 fully saturated rings. The number of para-hydroxylation sites is 1. The second-order valence-corrected chi connectivity index (χ2v) is 16.9. The zero-order valence-electron chi connectivity index (χ0n) is 36.2. The molecule has 310 valence electrons. The molecule has 0 N–H and O–H groups in total. The highest BCUT2D eigenvalue weighted by molar-refractivity contribution is 5.97. The lowest BCUT2D eigenvalue weighted by molar-refractivity contribution is 0.632. The van der Waals surface area contributed by atoms with Crippen LogP contribution in [0.15, 0.2) is 265 Å². The molecule has 0 saturated heterocycles. The number of hydrogen-bond donors (Lipinski definition) is 0. The third kappa shape index (κ3) is 7.41. The predicted molar refractivity (Wildman–Crippen MR) is 279 cm³/mol. The van der Waals surface area contributed by atoms with Crippen LogP contribution in [0.4, 0.5) is 17.1 Å². The van der Waals surface area contributed by atoms with Crippen molar-refractivity contribution in [2.24, 2.45) is 0 Å². The average Bonchev–Trinajstić information content (AvgIpc) is 3.84. The van der Waals surface area contributed by atoms with Gasteiger partial charge in [0.2, 0.25) is 0 Å². The highest BCUT2D eigenvalue weighted by atomic mass is 16.3. The van der Waals surface area contributed by atoms with Crippen LogP contribution in [0, 0.1) is 0 Å². The van der Waals surface area contributed by atoms with E-state index in [2.05, 4.69) is 248 Å². The summed E-state index contributed by atoms with van der Waals surface area (Å²) in [6, 6.07) is 93.8. The van der Waals surface area contributed by atoms with E-state index in [1.54, 1.807) is 0 Å². The molecule has 1 aromatic heterocycles. The summed E-state index contributed by atoms with van der Waals surface area (Å²) in [7, 11) is 0. The van der Waals surface area contributed by atoms with Crippen LogP contribution >= 0.6 is 0 Å². The Morgan fingerprint density at radius 2 is 0.652 bits per heavy atom. The molecule has 66 heavy (non-hydrogen) atoms. The molecule has 0 unspecified atom stereocenters. The number of fused-ring (bicyclic) bond motifs is 3. The third-order valence-electron chi connectivity index (χ3n) is 12.9. The zero-order chi connectivity index (χ0) is 43.8. The minimum absolute atomic E-state index is 0.875. The van der Waals surface area contributed by atoms with Gasteiger partial charge < -0.3 is 9.32 Å². The van der Waals surface area contributed by atoms with Crippen LogP contribution in [0.5, 0.6) is 0 Å². The van der Waals surface area contributed by atoms with Gasteiger partial charge in [0, 0.05) is 28.0 Å². The number of nitrogens with zero attached hydrogens (tertiary/aromatic N) is 1. The van der Waals surface area contributed by atoms with E-state index in [0.29, 0.717) is 0 Å². The van der Waals surface area contributed by atoms with Gasteiger partial charge in [-0.2, -0.15) is 0 Å². The lowest BCUT2D eigenvalue weighted by Gasteiger charge is -2.26. The van der Waals surface area contributed by atoms with E-state index < -0.39 is 0 Å². The van der Waals surface area contributed by atoms with Crippen molar-refractivity contribution < 1.29 is 4.42 Å². The fraction of sp³-hybridized carbons (Fsp3) is 0. The summed E-state index contributed by atoms with van der Waals surface area (Å²) in [5.74, 6) is 0.875. The molecule has 0 atom stereocenters. The Hall–Kier alpha value is -8.72. The predicted octanol–water partition coefficient (Wildman–Crippen LogP) is 18.2. The Kier molecular flexibility index (Phi) is 9.89. The van der Waals surface area contributed by atoms with E-state index in [1.165, 1.54) is 54.9 Å². The van der Waals surface area contributed by atoms with Gasteiger partial charge in [0.25, 0.3) is 0 Å². The van der Waals surface area contributed by atoms with E-state index in [1.807, 2.05) is 18.2 Å². The third-order valence-corrected chi connectivity index (χ3v) is 12.9. The Bertz CT molecular complexity index is 3620. The Morgan fingerprint density at radius 1 is 0.242 bits per heavy atom. The first kappa shape index (κ1) is 38.9. The van der Waals surface area contributed by atoms with E-state index in [0.717, 1.165) is 61.6 Å². The molecular weight excluding hydrogens is 799 g/mol. The topological polar surface area (TPSA) is 16.4 Å². The number of rotatable bonds is 9. The van der Waals surface area contributed by atoms with Crippen molar-refractivity contribution in [2.75, 3.05) is 4.90 Å². The first-order chi connectivity index (χ1) is 32.7. The van der Waals surface area contributed by atoms with E-state index in [4.69, 9.17) is 4.42 Å². The highest BCUT2D eigenvalue weighted by Gasteiger charge is 2.16. The molecule has 0 spiro atoms. The molecule has 2 heteroatoms. The maximum Gasteiger partial charge on any atom is 0.136 e. The standard InChI is InChI=1S/C64H43NO/c1-2-12-53-42-54(29-24-44(53)10-1)49-34-40-58(41-35-49)65(56-36-30-47(31-37-56)45-20-25-51(26-21-45)60-18-9-14-50-11-3-5-15-59(50)60)57-38-32-48(33-39-57)46-22-27-52(28-23-46)61-16-6-7-17-62(61)64-43-55-13-4-8-19-63(55)66-64/h1-43H. The summed E-state index contributed by atoms with van der Waals surface area (Å²) in [4.78, 5) is 2.35. The number of benzene rings is 11. The Balaban J connectivity index is 0.851. The van der Waals surface area contributed by atoms with Gasteiger partial charge in [-0.05, 0) is 132 Å². The normalized spacial score (nSPS) is 11.3. The molecular formula is C64H43NO. The molecule has 1 heterocycles. The van der Waals surface area contributed by atoms with Crippen molar-refractivity contribution in [1.82, 2.24) is 0 Å². The summed E-state index contributed by atoms with van der Waals surface area (Å²) in [5, 5.41) is 6.12. The molecule has 12 aromatic rings. The smallest absolute Gasteiger partial charge is 0.136 e. The monoisotopic (exact) mass is 841 g/mol. The van der Waals surface area contributed by atoms with Crippen LogP contribution in [0.1, 0.15) is 0 Å². The second-order valence-electron chi connectivity index (χ2n) is 16.9. The first-order valence-corrected chi connectivity index (χ1v) is 22.6. The molecule has 12 rings (SSSR count). The van der Waals surface area contributed by atoms with Gasteiger partial charge in [-0.3, -0.25) is 0 Å². The summed E-state index contributed by atoms with van der Waals surface area (Å²) in [6.45, 7) is 0. The zero-order valence-corrected chi connectivity index (χ0v) is 36.2. The van der Waals surface area contributed by atoms with E-state index >= 15 is 0 Å². The largest absolute Gasteiger partial charge is 0.456 e. The van der Waals surface area contributed by atoms with Crippen LogP contribution in [-0.4, -0.2) is 0 Å². The molecule has 11 aromatic carbocycles. The van der Waals surface area contributed by atoms with Crippen molar-refractivity contribution in [1.29, 1.82) is 0 Å². The SMILES string of the molecule is c1ccc(-c2cc3ccccc3o2)c(-c2ccc(-c3ccc(N(c4ccc(-c5ccc(-c6cccc7ccccc67)cc5)cc4)c4ccc(-c5ccc6ccccc6c5)cc4)cc3)cc2)c1. The fourth-order valence-electron chi connectivity index (χ4n) is 9.45. The fourth-order valence-corrected chi connectivity index (χ4v) is 9.45. The highest BCUT2D eigenvalue weighted by Crippen LogP contribution is 2.40. The lowest BCUT2D eigenvalue weighted by Crippen LogP contribution is -2.09. The van der Waals surface area contributed by atoms with Crippen LogP contribution in [0.25, 0.3) is 99.5 Å². The van der Waals surface area contributed by atoms with Crippen LogP contribution in [0.3, 0.4) is 0 Å². The molecule has 0 saturated carbocycles. The number of furan rings is 1. The Morgan fingerprint density at radius 3 is 1.26 bits per heavy atom. The van der Waals surface area contributed by atoms with Gasteiger partial charge >= 0.3 is 0 Å². The van der Waals surface area contributed by atoms with Gasteiger partial charge in [-0.25, -0.2) is 0 Å². The maximum absolute atomic E-state index is 6.29. The molecule has 0 aliphatic carbocycles. The number of anilines is 3. The van der Waals surface area contributed by atoms with E-state index in [9.17, 15) is 0 Å². The minimum atomic E-state index is 0.875. The van der Waals surface area contributed by atoms with Crippen molar-refractivity contribution in [2.45, 2.75) is 0 Å². The molecule has 0 bridgehead atoms. The van der Waals surface area contributed by atoms with Crippen molar-refractivity contribution in [3.05, 3.63) is 261 Å². The summed E-state index contributed by atoms with van der Waals surface area (Å²) >= 11 is 0. The van der Waals surface area contributed by atoms with E-state index in [-0.39, 0.29) is 0 Å². The van der Waals surface area contributed by atoms with Crippen molar-refractivity contribution in [3.63, 3.8) is 0 Å². The van der Waals surface area contributed by atoms with Crippen molar-refractivity contribution >= 4 is 49.6 Å². The number of hydrogen-bond acceptors (Lipinski definition) is 2. The van der Waals surface area contributed by atoms with Gasteiger partial charge in [-0.1, -0.05) is 206 Å². The van der Waals surface area contributed by atoms with Crippen LogP contribution in [-0.2, 0) is 0 Å². The molecule has 2 nitrogen and oxygen atoms in total. The van der Waals surface area contributed by atoms with Crippen LogP contribution in [0.2, 0.25) is 0 Å². The van der Waals surface area contributed by atoms with Gasteiger partial charge in [-0.15, -0.1) is 0 Å². The van der Waals surface area contributed by atoms with Gasteiger partial charge in [0.15, 0.2) is 0 Å². The first-order valence-electron chi connectivity index (χ1n) is 22.6.